The minimum atomic E-state index is -0.450. The van der Waals surface area contributed by atoms with Crippen molar-refractivity contribution in [3.8, 4) is 12.1 Å². The Bertz CT molecular complexity index is 414. The lowest BCUT2D eigenvalue weighted by atomic mass is 10.3. The highest BCUT2D eigenvalue weighted by molar-refractivity contribution is 5.89. The molecular formula is C11H10N4O. The summed E-state index contributed by atoms with van der Waals surface area (Å²) >= 11 is 0. The number of amides is 2. The van der Waals surface area contributed by atoms with E-state index in [1.165, 1.54) is 0 Å². The van der Waals surface area contributed by atoms with Crippen LogP contribution in [0.3, 0.4) is 0 Å². The van der Waals surface area contributed by atoms with Gasteiger partial charge in [-0.1, -0.05) is 18.2 Å². The SMILES string of the molecule is N#CCN(CC#N)C(=O)Nc1ccccc1. The van der Waals surface area contributed by atoms with E-state index in [1.807, 2.05) is 18.2 Å². The largest absolute Gasteiger partial charge is 0.323 e. The smallest absolute Gasteiger partial charge is 0.308 e. The van der Waals surface area contributed by atoms with Crippen molar-refractivity contribution in [1.29, 1.82) is 10.5 Å². The number of carbonyl (C=O) groups excluding carboxylic acids is 1. The maximum absolute atomic E-state index is 11.6. The van der Waals surface area contributed by atoms with E-state index in [0.717, 1.165) is 4.90 Å². The molecule has 0 saturated carbocycles. The van der Waals surface area contributed by atoms with Crippen molar-refractivity contribution < 1.29 is 4.79 Å². The van der Waals surface area contributed by atoms with Crippen molar-refractivity contribution in [3.63, 3.8) is 0 Å². The maximum atomic E-state index is 11.6. The van der Waals surface area contributed by atoms with Gasteiger partial charge in [0.1, 0.15) is 13.1 Å². The van der Waals surface area contributed by atoms with Crippen molar-refractivity contribution in [2.24, 2.45) is 0 Å². The molecule has 0 saturated heterocycles. The third-order valence-corrected chi connectivity index (χ3v) is 1.84. The van der Waals surface area contributed by atoms with Crippen LogP contribution in [0.25, 0.3) is 0 Å². The van der Waals surface area contributed by atoms with Gasteiger partial charge in [-0.25, -0.2) is 4.79 Å². The molecule has 0 bridgehead atoms. The van der Waals surface area contributed by atoms with E-state index in [2.05, 4.69) is 5.32 Å². The minimum Gasteiger partial charge on any atom is -0.308 e. The average Bonchev–Trinajstić information content (AvgIpc) is 2.30. The van der Waals surface area contributed by atoms with Crippen LogP contribution in [0.15, 0.2) is 30.3 Å². The third-order valence-electron chi connectivity index (χ3n) is 1.84. The van der Waals surface area contributed by atoms with Gasteiger partial charge >= 0.3 is 6.03 Å². The molecule has 0 aromatic heterocycles. The van der Waals surface area contributed by atoms with Crippen LogP contribution in [0.4, 0.5) is 10.5 Å². The van der Waals surface area contributed by atoms with Crippen molar-refractivity contribution in [3.05, 3.63) is 30.3 Å². The zero-order valence-corrected chi connectivity index (χ0v) is 8.55. The molecule has 1 N–H and O–H groups in total. The van der Waals surface area contributed by atoms with E-state index in [9.17, 15) is 4.79 Å². The number of hydrogen-bond donors (Lipinski definition) is 1. The molecule has 1 aromatic carbocycles. The van der Waals surface area contributed by atoms with Gasteiger partial charge in [-0.2, -0.15) is 10.5 Å². The highest BCUT2D eigenvalue weighted by atomic mass is 16.2. The van der Waals surface area contributed by atoms with Gasteiger partial charge in [0.25, 0.3) is 0 Å². The topological polar surface area (TPSA) is 79.9 Å². The minimum absolute atomic E-state index is 0.105. The molecule has 2 amide bonds. The van der Waals surface area contributed by atoms with E-state index < -0.39 is 6.03 Å². The number of nitriles is 2. The molecule has 0 spiro atoms. The summed E-state index contributed by atoms with van der Waals surface area (Å²) in [7, 11) is 0. The molecule has 0 aliphatic heterocycles. The average molecular weight is 214 g/mol. The highest BCUT2D eigenvalue weighted by Crippen LogP contribution is 2.06. The number of para-hydroxylation sites is 1. The first-order valence-electron chi connectivity index (χ1n) is 4.63. The van der Waals surface area contributed by atoms with E-state index >= 15 is 0 Å². The first kappa shape index (κ1) is 11.5. The molecule has 5 heteroatoms. The van der Waals surface area contributed by atoms with Gasteiger partial charge in [0.05, 0.1) is 12.1 Å². The second-order valence-corrected chi connectivity index (χ2v) is 2.97. The Morgan fingerprint density at radius 2 is 1.75 bits per heavy atom. The molecule has 0 aliphatic carbocycles. The zero-order valence-electron chi connectivity index (χ0n) is 8.55. The van der Waals surface area contributed by atoms with Crippen LogP contribution < -0.4 is 5.32 Å². The van der Waals surface area contributed by atoms with E-state index in [1.54, 1.807) is 24.3 Å². The Balaban J connectivity index is 2.63. The third kappa shape index (κ3) is 3.32. The molecule has 80 valence electrons. The summed E-state index contributed by atoms with van der Waals surface area (Å²) < 4.78 is 0. The first-order chi connectivity index (χ1) is 7.77. The van der Waals surface area contributed by atoms with Crippen LogP contribution in [0.1, 0.15) is 0 Å². The number of nitrogens with zero attached hydrogens (tertiary/aromatic N) is 3. The van der Waals surface area contributed by atoms with Gasteiger partial charge in [-0.05, 0) is 12.1 Å². The molecule has 0 unspecified atom stereocenters. The number of carbonyl (C=O) groups is 1. The fourth-order valence-corrected chi connectivity index (χ4v) is 1.09. The Kier molecular flexibility index (Phi) is 4.36. The highest BCUT2D eigenvalue weighted by Gasteiger charge is 2.11. The number of benzene rings is 1. The second-order valence-electron chi connectivity index (χ2n) is 2.97. The molecule has 0 aliphatic rings. The summed E-state index contributed by atoms with van der Waals surface area (Å²) in [5.74, 6) is 0. The molecule has 0 fully saturated rings. The fraction of sp³-hybridized carbons (Fsp3) is 0.182. The van der Waals surface area contributed by atoms with Crippen molar-refractivity contribution >= 4 is 11.7 Å². The zero-order chi connectivity index (χ0) is 11.8. The first-order valence-corrected chi connectivity index (χ1v) is 4.63. The van der Waals surface area contributed by atoms with Gasteiger partial charge in [-0.3, -0.25) is 4.90 Å². The lowest BCUT2D eigenvalue weighted by molar-refractivity contribution is 0.223. The molecule has 0 atom stereocenters. The van der Waals surface area contributed by atoms with E-state index in [4.69, 9.17) is 10.5 Å². The summed E-state index contributed by atoms with van der Waals surface area (Å²) in [5, 5.41) is 19.6. The quantitative estimate of drug-likeness (QED) is 0.775. The lowest BCUT2D eigenvalue weighted by Crippen LogP contribution is -2.35. The van der Waals surface area contributed by atoms with Crippen LogP contribution in [0.5, 0.6) is 0 Å². The van der Waals surface area contributed by atoms with Crippen LogP contribution >= 0.6 is 0 Å². The number of hydrogen-bond acceptors (Lipinski definition) is 3. The Hall–Kier alpha value is -2.53. The lowest BCUT2D eigenvalue weighted by Gasteiger charge is -2.16. The molecule has 16 heavy (non-hydrogen) atoms. The second kappa shape index (κ2) is 6.05. The van der Waals surface area contributed by atoms with Crippen molar-refractivity contribution in [2.75, 3.05) is 18.4 Å². The van der Waals surface area contributed by atoms with E-state index in [-0.39, 0.29) is 13.1 Å². The van der Waals surface area contributed by atoms with Crippen LogP contribution in [0, 0.1) is 22.7 Å². The maximum Gasteiger partial charge on any atom is 0.323 e. The summed E-state index contributed by atoms with van der Waals surface area (Å²) in [6, 6.07) is 12.1. The molecule has 0 heterocycles. The summed E-state index contributed by atoms with van der Waals surface area (Å²) in [4.78, 5) is 12.7. The Morgan fingerprint density at radius 3 is 2.25 bits per heavy atom. The van der Waals surface area contributed by atoms with Gasteiger partial charge in [-0.15, -0.1) is 0 Å². The van der Waals surface area contributed by atoms with Crippen LogP contribution in [-0.4, -0.2) is 24.0 Å². The van der Waals surface area contributed by atoms with Gasteiger partial charge < -0.3 is 5.32 Å². The number of nitrogens with one attached hydrogen (secondary N) is 1. The number of urea groups is 1. The Morgan fingerprint density at radius 1 is 1.19 bits per heavy atom. The summed E-state index contributed by atoms with van der Waals surface area (Å²) in [6.45, 7) is -0.210. The molecule has 1 aromatic rings. The van der Waals surface area contributed by atoms with Gasteiger partial charge in [0.15, 0.2) is 0 Å². The predicted molar refractivity (Wildman–Crippen MR) is 58.3 cm³/mol. The molecular weight excluding hydrogens is 204 g/mol. The summed E-state index contributed by atoms with van der Waals surface area (Å²) in [6.07, 6.45) is 0. The summed E-state index contributed by atoms with van der Waals surface area (Å²) in [5.41, 5.74) is 0.633. The standard InChI is InChI=1S/C11H10N4O/c12-6-8-15(9-7-13)11(16)14-10-4-2-1-3-5-10/h1-5H,8-9H2,(H,14,16). The fourth-order valence-electron chi connectivity index (χ4n) is 1.09. The van der Waals surface area contributed by atoms with Gasteiger partial charge in [0, 0.05) is 5.69 Å². The number of rotatable bonds is 3. The molecule has 5 nitrogen and oxygen atoms in total. The van der Waals surface area contributed by atoms with Crippen LogP contribution in [-0.2, 0) is 0 Å². The van der Waals surface area contributed by atoms with Crippen molar-refractivity contribution in [1.82, 2.24) is 4.90 Å². The van der Waals surface area contributed by atoms with Crippen LogP contribution in [0.2, 0.25) is 0 Å². The number of anilines is 1. The molecule has 1 rings (SSSR count). The van der Waals surface area contributed by atoms with Gasteiger partial charge in [0.2, 0.25) is 0 Å². The Labute approximate surface area is 93.5 Å². The molecule has 0 radical (unpaired) electrons. The monoisotopic (exact) mass is 214 g/mol. The predicted octanol–water partition coefficient (Wildman–Crippen LogP) is 1.57. The van der Waals surface area contributed by atoms with Crippen molar-refractivity contribution in [2.45, 2.75) is 0 Å². The van der Waals surface area contributed by atoms with E-state index in [0.29, 0.717) is 5.69 Å². The normalized spacial score (nSPS) is 8.62.